The third-order valence-electron chi connectivity index (χ3n) is 9.57. The highest BCUT2D eigenvalue weighted by molar-refractivity contribution is 5.23. The van der Waals surface area contributed by atoms with Crippen LogP contribution in [0, 0.1) is 33.5 Å². The molecular formula is C18H26. The summed E-state index contributed by atoms with van der Waals surface area (Å²) in [7, 11) is 0. The molecule has 0 aromatic rings. The number of fused-ring (bicyclic) bond motifs is 3. The molecule has 18 heavy (non-hydrogen) atoms. The van der Waals surface area contributed by atoms with Gasteiger partial charge in [0.2, 0.25) is 0 Å². The summed E-state index contributed by atoms with van der Waals surface area (Å²) in [6.07, 6.45) is 19.7. The van der Waals surface area contributed by atoms with Crippen LogP contribution in [0.5, 0.6) is 0 Å². The van der Waals surface area contributed by atoms with Crippen molar-refractivity contribution in [3.63, 3.8) is 0 Å². The molecule has 0 aliphatic heterocycles. The Kier molecular flexibility index (Phi) is 1.35. The maximum absolute atomic E-state index is 1.65. The van der Waals surface area contributed by atoms with Gasteiger partial charge in [-0.3, -0.25) is 0 Å². The normalized spacial score (nSPS) is 70.7. The zero-order valence-electron chi connectivity index (χ0n) is 11.6. The predicted octanol–water partition coefficient (Wildman–Crippen LogP) is 4.93. The third-order valence-corrected chi connectivity index (χ3v) is 9.57. The lowest BCUT2D eigenvalue weighted by molar-refractivity contribution is -0.289. The second-order valence-electron chi connectivity index (χ2n) is 9.58. The first-order valence-electron chi connectivity index (χ1n) is 8.69. The van der Waals surface area contributed by atoms with Crippen molar-refractivity contribution in [3.05, 3.63) is 0 Å². The molecule has 6 bridgehead atoms. The van der Waals surface area contributed by atoms with E-state index in [-0.39, 0.29) is 0 Å². The molecule has 0 atom stereocenters. The fourth-order valence-electron chi connectivity index (χ4n) is 8.03. The van der Waals surface area contributed by atoms with Crippen molar-refractivity contribution in [3.8, 4) is 0 Å². The van der Waals surface area contributed by atoms with Crippen LogP contribution in [0.2, 0.25) is 0 Å². The minimum absolute atomic E-state index is 0.868. The van der Waals surface area contributed by atoms with Crippen molar-refractivity contribution >= 4 is 0 Å². The summed E-state index contributed by atoms with van der Waals surface area (Å²) in [5.41, 5.74) is 3.55. The van der Waals surface area contributed by atoms with Gasteiger partial charge in [0, 0.05) is 0 Å². The SMILES string of the molecule is C1CC2(C34CC(C3)C4)CCC1(C13CC(C1)C3)CC2. The monoisotopic (exact) mass is 242 g/mol. The van der Waals surface area contributed by atoms with Gasteiger partial charge in [0.25, 0.3) is 0 Å². The van der Waals surface area contributed by atoms with Gasteiger partial charge in [-0.25, -0.2) is 0 Å². The van der Waals surface area contributed by atoms with E-state index in [0.717, 1.165) is 21.7 Å². The minimum atomic E-state index is 0.868. The van der Waals surface area contributed by atoms with E-state index in [9.17, 15) is 0 Å². The van der Waals surface area contributed by atoms with Crippen molar-refractivity contribution in [2.75, 3.05) is 0 Å². The smallest absolute Gasteiger partial charge is 0.0233 e. The van der Waals surface area contributed by atoms with Crippen molar-refractivity contribution in [1.29, 1.82) is 0 Å². The molecule has 9 rings (SSSR count). The lowest BCUT2D eigenvalue weighted by atomic mass is 9.26. The largest absolute Gasteiger partial charge is 0.0465 e. The summed E-state index contributed by atoms with van der Waals surface area (Å²) in [6, 6.07) is 0. The van der Waals surface area contributed by atoms with Crippen LogP contribution in [-0.2, 0) is 0 Å². The second kappa shape index (κ2) is 2.47. The van der Waals surface area contributed by atoms with E-state index in [1.54, 1.807) is 77.0 Å². The van der Waals surface area contributed by atoms with Gasteiger partial charge < -0.3 is 0 Å². The Morgan fingerprint density at radius 3 is 0.833 bits per heavy atom. The minimum Gasteiger partial charge on any atom is -0.0465 e. The Bertz CT molecular complexity index is 344. The molecule has 0 spiro atoms. The quantitative estimate of drug-likeness (QED) is 0.644. The molecule has 9 aliphatic carbocycles. The summed E-state index contributed by atoms with van der Waals surface area (Å²) >= 11 is 0. The van der Waals surface area contributed by atoms with Gasteiger partial charge in [-0.1, -0.05) is 0 Å². The van der Waals surface area contributed by atoms with Crippen molar-refractivity contribution in [2.24, 2.45) is 33.5 Å². The fourth-order valence-corrected chi connectivity index (χ4v) is 8.03. The van der Waals surface area contributed by atoms with Gasteiger partial charge in [-0.2, -0.15) is 0 Å². The zero-order valence-corrected chi connectivity index (χ0v) is 11.6. The Morgan fingerprint density at radius 2 is 0.667 bits per heavy atom. The Hall–Kier alpha value is 0. The van der Waals surface area contributed by atoms with Crippen LogP contribution in [0.3, 0.4) is 0 Å². The highest BCUT2D eigenvalue weighted by Gasteiger charge is 2.73. The summed E-state index contributed by atoms with van der Waals surface area (Å²) in [4.78, 5) is 0. The van der Waals surface area contributed by atoms with E-state index in [4.69, 9.17) is 0 Å². The van der Waals surface area contributed by atoms with Gasteiger partial charge in [0.05, 0.1) is 0 Å². The molecule has 0 aromatic carbocycles. The lowest BCUT2D eigenvalue weighted by Gasteiger charge is -2.79. The Morgan fingerprint density at radius 1 is 0.389 bits per heavy atom. The highest BCUT2D eigenvalue weighted by Crippen LogP contribution is 2.84. The van der Waals surface area contributed by atoms with E-state index in [2.05, 4.69) is 0 Å². The van der Waals surface area contributed by atoms with Crippen LogP contribution < -0.4 is 0 Å². The van der Waals surface area contributed by atoms with Gasteiger partial charge in [0.15, 0.2) is 0 Å². The topological polar surface area (TPSA) is 0 Å². The van der Waals surface area contributed by atoms with Crippen LogP contribution in [0.4, 0.5) is 0 Å². The molecule has 98 valence electrons. The molecule has 9 aliphatic rings. The molecule has 0 saturated heterocycles. The summed E-state index contributed by atoms with van der Waals surface area (Å²) in [5, 5.41) is 0. The zero-order chi connectivity index (χ0) is 11.6. The summed E-state index contributed by atoms with van der Waals surface area (Å²) in [5.74, 6) is 2.37. The number of hydrogen-bond donors (Lipinski definition) is 0. The molecule has 9 saturated carbocycles. The molecule has 0 aromatic heterocycles. The fraction of sp³-hybridized carbons (Fsp3) is 1.00. The molecule has 0 unspecified atom stereocenters. The molecule has 0 heteroatoms. The molecule has 0 heterocycles. The van der Waals surface area contributed by atoms with Crippen molar-refractivity contribution in [2.45, 2.75) is 77.0 Å². The molecule has 0 radical (unpaired) electrons. The summed E-state index contributed by atoms with van der Waals surface area (Å²) < 4.78 is 0. The third kappa shape index (κ3) is 0.756. The van der Waals surface area contributed by atoms with Crippen molar-refractivity contribution in [1.82, 2.24) is 0 Å². The Labute approximate surface area is 111 Å². The highest BCUT2D eigenvalue weighted by atomic mass is 14.8. The first-order valence-corrected chi connectivity index (χ1v) is 8.69. The van der Waals surface area contributed by atoms with Crippen LogP contribution in [0.25, 0.3) is 0 Å². The molecule has 9 fully saturated rings. The standard InChI is InChI=1S/C18H26/c1-2-16(18-10-14(11-18)12-18)5-3-15(1,4-6-16)17-7-13(8-17)9-17/h13-14H,1-12H2. The first-order chi connectivity index (χ1) is 8.69. The maximum atomic E-state index is 1.65. The van der Waals surface area contributed by atoms with E-state index >= 15 is 0 Å². The van der Waals surface area contributed by atoms with Gasteiger partial charge >= 0.3 is 0 Å². The molecule has 0 amide bonds. The maximum Gasteiger partial charge on any atom is -0.0233 e. The lowest BCUT2D eigenvalue weighted by Crippen LogP contribution is -2.69. The predicted molar refractivity (Wildman–Crippen MR) is 72.1 cm³/mol. The average molecular weight is 242 g/mol. The molecular weight excluding hydrogens is 216 g/mol. The van der Waals surface area contributed by atoms with E-state index in [1.165, 1.54) is 11.8 Å². The average Bonchev–Trinajstić information content (AvgIpc) is 2.10. The van der Waals surface area contributed by atoms with Crippen LogP contribution >= 0.6 is 0 Å². The van der Waals surface area contributed by atoms with Gasteiger partial charge in [0.1, 0.15) is 0 Å². The van der Waals surface area contributed by atoms with Gasteiger partial charge in [-0.05, 0) is 111 Å². The summed E-state index contributed by atoms with van der Waals surface area (Å²) in [6.45, 7) is 0. The van der Waals surface area contributed by atoms with E-state index in [1.807, 2.05) is 0 Å². The van der Waals surface area contributed by atoms with Crippen LogP contribution in [-0.4, -0.2) is 0 Å². The van der Waals surface area contributed by atoms with E-state index < -0.39 is 0 Å². The molecule has 0 nitrogen and oxygen atoms in total. The van der Waals surface area contributed by atoms with Crippen LogP contribution in [0.1, 0.15) is 77.0 Å². The molecule has 0 N–H and O–H groups in total. The second-order valence-corrected chi connectivity index (χ2v) is 9.58. The van der Waals surface area contributed by atoms with Gasteiger partial charge in [-0.15, -0.1) is 0 Å². The number of hydrogen-bond acceptors (Lipinski definition) is 0. The van der Waals surface area contributed by atoms with Crippen LogP contribution in [0.15, 0.2) is 0 Å². The van der Waals surface area contributed by atoms with E-state index in [0.29, 0.717) is 0 Å². The Balaban J connectivity index is 1.32. The number of rotatable bonds is 2. The first kappa shape index (κ1) is 9.83. The van der Waals surface area contributed by atoms with Crippen molar-refractivity contribution < 1.29 is 0 Å².